The van der Waals surface area contributed by atoms with Crippen molar-refractivity contribution < 1.29 is 19.5 Å². The second-order valence-corrected chi connectivity index (χ2v) is 6.21. The molecule has 1 aliphatic heterocycles. The fraction of sp³-hybridized carbons (Fsp3) is 0.231. The zero-order valence-electron chi connectivity index (χ0n) is 11.3. The quantitative estimate of drug-likeness (QED) is 0.524. The summed E-state index contributed by atoms with van der Waals surface area (Å²) in [6.45, 7) is 0. The average Bonchev–Trinajstić information content (AvgIpc) is 3.02. The summed E-state index contributed by atoms with van der Waals surface area (Å²) in [6.07, 6.45) is 3.10. The first-order valence-electron chi connectivity index (χ1n) is 6.31. The monoisotopic (exact) mass is 339 g/mol. The molecule has 1 unspecified atom stereocenters. The molecule has 2 amide bonds. The van der Waals surface area contributed by atoms with Gasteiger partial charge in [-0.2, -0.15) is 0 Å². The van der Waals surface area contributed by atoms with Crippen molar-refractivity contribution in [3.63, 3.8) is 0 Å². The minimum atomic E-state index is -1.22. The normalized spacial score (nSPS) is 18.0. The number of nitrogens with one attached hydrogen (secondary N) is 1. The van der Waals surface area contributed by atoms with Gasteiger partial charge >= 0.3 is 5.97 Å². The summed E-state index contributed by atoms with van der Waals surface area (Å²) in [5, 5.41) is 9.28. The Morgan fingerprint density at radius 1 is 1.55 bits per heavy atom. The molecule has 9 heteroatoms. The molecule has 116 valence electrons. The van der Waals surface area contributed by atoms with Crippen LogP contribution >= 0.6 is 24.0 Å². The summed E-state index contributed by atoms with van der Waals surface area (Å²) in [4.78, 5) is 38.9. The number of carboxylic acids is 1. The second-order valence-electron chi connectivity index (χ2n) is 4.54. The Hall–Kier alpha value is -2.13. The van der Waals surface area contributed by atoms with Crippen molar-refractivity contribution in [3.05, 3.63) is 28.9 Å². The maximum atomic E-state index is 12.4. The van der Waals surface area contributed by atoms with E-state index in [4.69, 9.17) is 18.0 Å². The summed E-state index contributed by atoms with van der Waals surface area (Å²) in [5.74, 6) is -2.33. The Kier molecular flexibility index (Phi) is 4.99. The molecule has 1 aliphatic rings. The number of carboxylic acid groups (broad SMARTS) is 1. The molecule has 0 saturated carbocycles. The molecule has 0 bridgehead atoms. The van der Waals surface area contributed by atoms with Gasteiger partial charge in [-0.15, -0.1) is 0 Å². The number of aromatic amines is 1. The van der Waals surface area contributed by atoms with Crippen LogP contribution in [0.4, 0.5) is 0 Å². The van der Waals surface area contributed by atoms with Crippen LogP contribution < -0.4 is 5.73 Å². The highest BCUT2D eigenvalue weighted by Gasteiger charge is 2.40. The lowest BCUT2D eigenvalue weighted by Crippen LogP contribution is -2.44. The molecule has 1 atom stereocenters. The number of thiocarbonyl (C=S) groups is 1. The van der Waals surface area contributed by atoms with E-state index in [0.717, 1.165) is 16.7 Å². The van der Waals surface area contributed by atoms with Crippen molar-refractivity contribution in [1.29, 1.82) is 0 Å². The highest BCUT2D eigenvalue weighted by molar-refractivity contribution is 8.26. The van der Waals surface area contributed by atoms with E-state index in [1.807, 2.05) is 0 Å². The summed E-state index contributed by atoms with van der Waals surface area (Å²) < 4.78 is 0.152. The molecule has 1 saturated heterocycles. The summed E-state index contributed by atoms with van der Waals surface area (Å²) in [5.41, 5.74) is 5.75. The number of hydrogen-bond donors (Lipinski definition) is 3. The number of aliphatic carboxylic acids is 1. The van der Waals surface area contributed by atoms with E-state index >= 15 is 0 Å². The maximum absolute atomic E-state index is 12.4. The summed E-state index contributed by atoms with van der Waals surface area (Å²) in [6, 6.07) is 2.35. The number of hydrogen-bond acceptors (Lipinski definition) is 5. The van der Waals surface area contributed by atoms with E-state index in [-0.39, 0.29) is 17.2 Å². The molecule has 2 rings (SSSR count). The largest absolute Gasteiger partial charge is 0.480 e. The summed E-state index contributed by atoms with van der Waals surface area (Å²) >= 11 is 6.13. The van der Waals surface area contributed by atoms with Crippen LogP contribution in [-0.4, -0.2) is 43.1 Å². The molecule has 7 nitrogen and oxygen atoms in total. The topological polar surface area (TPSA) is 116 Å². The van der Waals surface area contributed by atoms with Gasteiger partial charge in [0.2, 0.25) is 5.91 Å². The smallest absolute Gasteiger partial charge is 0.326 e. The van der Waals surface area contributed by atoms with Gasteiger partial charge in [-0.25, -0.2) is 4.79 Å². The predicted octanol–water partition coefficient (Wildman–Crippen LogP) is 0.935. The number of amides is 2. The molecule has 1 fully saturated rings. The number of aromatic nitrogens is 1. The number of rotatable bonds is 6. The van der Waals surface area contributed by atoms with E-state index in [2.05, 4.69) is 4.98 Å². The van der Waals surface area contributed by atoms with Gasteiger partial charge in [0.25, 0.3) is 5.91 Å². The van der Waals surface area contributed by atoms with E-state index in [0.29, 0.717) is 10.6 Å². The third-order valence-electron chi connectivity index (χ3n) is 2.99. The minimum Gasteiger partial charge on any atom is -0.480 e. The molecule has 0 radical (unpaired) electrons. The van der Waals surface area contributed by atoms with Crippen molar-refractivity contribution in [2.75, 3.05) is 0 Å². The van der Waals surface area contributed by atoms with E-state index < -0.39 is 23.8 Å². The Morgan fingerprint density at radius 3 is 2.82 bits per heavy atom. The minimum absolute atomic E-state index is 0.0765. The van der Waals surface area contributed by atoms with Crippen LogP contribution in [0.2, 0.25) is 0 Å². The van der Waals surface area contributed by atoms with Crippen LogP contribution in [0.15, 0.2) is 23.2 Å². The van der Waals surface area contributed by atoms with Crippen molar-refractivity contribution >= 4 is 52.2 Å². The average molecular weight is 339 g/mol. The number of nitrogens with two attached hydrogens (primary N) is 1. The molecular weight excluding hydrogens is 326 g/mol. The van der Waals surface area contributed by atoms with Gasteiger partial charge in [0.1, 0.15) is 10.4 Å². The van der Waals surface area contributed by atoms with Crippen molar-refractivity contribution in [1.82, 2.24) is 9.88 Å². The lowest BCUT2D eigenvalue weighted by atomic mass is 10.1. The number of carbonyl (C=O) groups excluding carboxylic acids is 2. The van der Waals surface area contributed by atoms with Gasteiger partial charge in [-0.05, 0) is 24.6 Å². The second kappa shape index (κ2) is 6.75. The van der Waals surface area contributed by atoms with Crippen molar-refractivity contribution in [2.24, 2.45) is 5.73 Å². The van der Waals surface area contributed by atoms with Crippen molar-refractivity contribution in [3.8, 4) is 0 Å². The highest BCUT2D eigenvalue weighted by atomic mass is 32.2. The van der Waals surface area contributed by atoms with Gasteiger partial charge < -0.3 is 15.8 Å². The molecule has 0 spiro atoms. The van der Waals surface area contributed by atoms with Gasteiger partial charge in [0.15, 0.2) is 0 Å². The van der Waals surface area contributed by atoms with Gasteiger partial charge in [0.05, 0.1) is 4.91 Å². The van der Waals surface area contributed by atoms with Gasteiger partial charge in [-0.1, -0.05) is 24.0 Å². The lowest BCUT2D eigenvalue weighted by molar-refractivity contribution is -0.145. The molecule has 4 N–H and O–H groups in total. The number of carbonyl (C=O) groups is 3. The molecule has 2 heterocycles. The Labute approximate surface area is 135 Å². The maximum Gasteiger partial charge on any atom is 0.326 e. The Morgan fingerprint density at radius 2 is 2.27 bits per heavy atom. The highest BCUT2D eigenvalue weighted by Crippen LogP contribution is 2.34. The van der Waals surface area contributed by atoms with Crippen LogP contribution in [0.1, 0.15) is 18.5 Å². The van der Waals surface area contributed by atoms with Crippen LogP contribution in [-0.2, 0) is 14.4 Å². The fourth-order valence-electron chi connectivity index (χ4n) is 1.97. The van der Waals surface area contributed by atoms with E-state index in [1.165, 1.54) is 0 Å². The first kappa shape index (κ1) is 16.2. The van der Waals surface area contributed by atoms with E-state index in [1.54, 1.807) is 24.4 Å². The van der Waals surface area contributed by atoms with Gasteiger partial charge in [-0.3, -0.25) is 14.5 Å². The number of thioether (sulfide) groups is 1. The first-order valence-corrected chi connectivity index (χ1v) is 7.54. The SMILES string of the molecule is NC(=O)CCC(C(=O)O)N1C(=O)/C(=C\c2ccc[nH]2)SC1=S. The third kappa shape index (κ3) is 3.55. The first-order chi connectivity index (χ1) is 10.4. The standard InChI is InChI=1S/C13H13N3O4S2/c14-10(17)4-3-8(12(19)20)16-11(18)9(22-13(16)21)6-7-2-1-5-15-7/h1-2,5-6,8,15H,3-4H2,(H2,14,17)(H,19,20)/b9-6+. The molecular formula is C13H13N3O4S2. The summed E-state index contributed by atoms with van der Waals surface area (Å²) in [7, 11) is 0. The van der Waals surface area contributed by atoms with Crippen molar-refractivity contribution in [2.45, 2.75) is 18.9 Å². The molecule has 0 aliphatic carbocycles. The van der Waals surface area contributed by atoms with Gasteiger partial charge in [0, 0.05) is 18.3 Å². The number of primary amides is 1. The lowest BCUT2D eigenvalue weighted by Gasteiger charge is -2.22. The molecule has 1 aromatic rings. The fourth-order valence-corrected chi connectivity index (χ4v) is 3.31. The molecule has 1 aromatic heterocycles. The van der Waals surface area contributed by atoms with Crippen LogP contribution in [0.25, 0.3) is 6.08 Å². The van der Waals surface area contributed by atoms with E-state index in [9.17, 15) is 19.5 Å². The van der Waals surface area contributed by atoms with Crippen LogP contribution in [0, 0.1) is 0 Å². The Balaban J connectivity index is 2.22. The molecule has 22 heavy (non-hydrogen) atoms. The predicted molar refractivity (Wildman–Crippen MR) is 85.7 cm³/mol. The molecule has 0 aromatic carbocycles. The Bertz CT molecular complexity index is 654. The zero-order valence-corrected chi connectivity index (χ0v) is 12.9. The zero-order chi connectivity index (χ0) is 16.3. The van der Waals surface area contributed by atoms with Crippen LogP contribution in [0.3, 0.4) is 0 Å². The number of nitrogens with zero attached hydrogens (tertiary/aromatic N) is 1. The van der Waals surface area contributed by atoms with Crippen LogP contribution in [0.5, 0.6) is 0 Å². The number of H-pyrrole nitrogens is 1. The third-order valence-corrected chi connectivity index (χ3v) is 4.32.